The Bertz CT molecular complexity index is 296. The lowest BCUT2D eigenvalue weighted by Crippen LogP contribution is -2.42. The summed E-state index contributed by atoms with van der Waals surface area (Å²) in [7, 11) is 0. The number of carbonyl (C=O) groups excluding carboxylic acids is 2. The van der Waals surface area contributed by atoms with Crippen molar-refractivity contribution in [3.63, 3.8) is 0 Å². The van der Waals surface area contributed by atoms with Gasteiger partial charge in [0.25, 0.3) is 0 Å². The number of primary amides is 1. The highest BCUT2D eigenvalue weighted by Gasteiger charge is 2.38. The molecule has 1 rings (SSSR count). The van der Waals surface area contributed by atoms with Gasteiger partial charge in [-0.3, -0.25) is 4.79 Å². The van der Waals surface area contributed by atoms with Crippen molar-refractivity contribution < 1.29 is 14.3 Å². The van der Waals surface area contributed by atoms with E-state index in [0.717, 1.165) is 0 Å². The van der Waals surface area contributed by atoms with Gasteiger partial charge in [0.2, 0.25) is 5.91 Å². The third kappa shape index (κ3) is 2.87. The van der Waals surface area contributed by atoms with Crippen molar-refractivity contribution in [2.45, 2.75) is 45.8 Å². The number of hydrogen-bond donors (Lipinski definition) is 1. The van der Waals surface area contributed by atoms with Crippen LogP contribution in [0.4, 0.5) is 4.79 Å². The Morgan fingerprint density at radius 2 is 1.94 bits per heavy atom. The molecule has 0 saturated carbocycles. The van der Waals surface area contributed by atoms with Crippen molar-refractivity contribution in [2.75, 3.05) is 6.54 Å². The van der Waals surface area contributed by atoms with Gasteiger partial charge in [-0.25, -0.2) is 4.79 Å². The smallest absolute Gasteiger partial charge is 0.410 e. The summed E-state index contributed by atoms with van der Waals surface area (Å²) in [5, 5.41) is 0. The Labute approximate surface area is 95.9 Å². The normalized spacial score (nSPS) is 25.6. The molecule has 0 spiro atoms. The molecule has 1 saturated heterocycles. The maximum atomic E-state index is 11.8. The zero-order valence-electron chi connectivity index (χ0n) is 10.3. The van der Waals surface area contributed by atoms with Gasteiger partial charge < -0.3 is 15.4 Å². The molecule has 1 aliphatic rings. The maximum Gasteiger partial charge on any atom is 0.410 e. The van der Waals surface area contributed by atoms with Gasteiger partial charge >= 0.3 is 6.09 Å². The number of rotatable bonds is 1. The van der Waals surface area contributed by atoms with Crippen LogP contribution in [0.15, 0.2) is 0 Å². The summed E-state index contributed by atoms with van der Waals surface area (Å²) in [6.45, 7) is 7.81. The van der Waals surface area contributed by atoms with Crippen LogP contribution in [0.1, 0.15) is 34.1 Å². The topological polar surface area (TPSA) is 72.6 Å². The van der Waals surface area contributed by atoms with Crippen LogP contribution in [-0.4, -0.2) is 35.1 Å². The Morgan fingerprint density at radius 3 is 2.31 bits per heavy atom. The lowest BCUT2D eigenvalue weighted by atomic mass is 10.0. The summed E-state index contributed by atoms with van der Waals surface area (Å²) in [4.78, 5) is 24.5. The second kappa shape index (κ2) is 4.31. The maximum absolute atomic E-state index is 11.8. The summed E-state index contributed by atoms with van der Waals surface area (Å²) < 4.78 is 5.25. The van der Waals surface area contributed by atoms with Crippen LogP contribution in [0.25, 0.3) is 0 Å². The van der Waals surface area contributed by atoms with Crippen LogP contribution in [0.5, 0.6) is 0 Å². The average Bonchev–Trinajstić information content (AvgIpc) is 2.43. The molecule has 5 nitrogen and oxygen atoms in total. The second-order valence-corrected chi connectivity index (χ2v) is 5.21. The van der Waals surface area contributed by atoms with Gasteiger partial charge in [-0.2, -0.15) is 0 Å². The van der Waals surface area contributed by atoms with Gasteiger partial charge in [0.1, 0.15) is 5.60 Å². The third-order valence-electron chi connectivity index (χ3n) is 2.75. The molecule has 1 fully saturated rings. The van der Waals surface area contributed by atoms with Crippen LogP contribution < -0.4 is 5.73 Å². The molecular formula is C11H20N2O3. The molecule has 2 atom stereocenters. The third-order valence-corrected chi connectivity index (χ3v) is 2.75. The number of nitrogens with two attached hydrogens (primary N) is 1. The van der Waals surface area contributed by atoms with Crippen LogP contribution in [0.2, 0.25) is 0 Å². The Balaban J connectivity index is 2.63. The molecule has 16 heavy (non-hydrogen) atoms. The lowest BCUT2D eigenvalue weighted by molar-refractivity contribution is -0.122. The largest absolute Gasteiger partial charge is 0.444 e. The molecule has 92 valence electrons. The predicted molar refractivity (Wildman–Crippen MR) is 59.7 cm³/mol. The molecule has 0 radical (unpaired) electrons. The van der Waals surface area contributed by atoms with E-state index < -0.39 is 5.60 Å². The molecular weight excluding hydrogens is 208 g/mol. The van der Waals surface area contributed by atoms with E-state index in [1.54, 1.807) is 4.90 Å². The first kappa shape index (κ1) is 12.8. The van der Waals surface area contributed by atoms with Crippen LogP contribution in [0, 0.1) is 5.92 Å². The number of amides is 2. The van der Waals surface area contributed by atoms with E-state index in [1.165, 1.54) is 0 Å². The Morgan fingerprint density at radius 1 is 1.38 bits per heavy atom. The zero-order chi connectivity index (χ0) is 12.5. The SMILES string of the molecule is C[C@@H]1[C@@H](C(N)=O)CCN1C(=O)OC(C)(C)C. The van der Waals surface area contributed by atoms with Crippen molar-refractivity contribution >= 4 is 12.0 Å². The van der Waals surface area contributed by atoms with Gasteiger partial charge in [0.05, 0.1) is 5.92 Å². The molecule has 0 aromatic carbocycles. The second-order valence-electron chi connectivity index (χ2n) is 5.21. The summed E-state index contributed by atoms with van der Waals surface area (Å²) >= 11 is 0. The van der Waals surface area contributed by atoms with E-state index in [9.17, 15) is 9.59 Å². The Hall–Kier alpha value is -1.26. The van der Waals surface area contributed by atoms with E-state index in [1.807, 2.05) is 27.7 Å². The molecule has 5 heteroatoms. The summed E-state index contributed by atoms with van der Waals surface area (Å²) in [5.74, 6) is -0.605. The fraction of sp³-hybridized carbons (Fsp3) is 0.818. The summed E-state index contributed by atoms with van der Waals surface area (Å²) in [6, 6.07) is -0.174. The van der Waals surface area contributed by atoms with Crippen molar-refractivity contribution in [2.24, 2.45) is 11.7 Å². The fourth-order valence-corrected chi connectivity index (χ4v) is 1.90. The number of ether oxygens (including phenoxy) is 1. The molecule has 0 bridgehead atoms. The van der Waals surface area contributed by atoms with Crippen LogP contribution in [-0.2, 0) is 9.53 Å². The number of nitrogens with zero attached hydrogens (tertiary/aromatic N) is 1. The molecule has 1 aliphatic heterocycles. The van der Waals surface area contributed by atoms with E-state index in [4.69, 9.17) is 10.5 Å². The number of likely N-dealkylation sites (tertiary alicyclic amines) is 1. The van der Waals surface area contributed by atoms with Gasteiger partial charge in [0, 0.05) is 12.6 Å². The van der Waals surface area contributed by atoms with E-state index in [2.05, 4.69) is 0 Å². The first-order valence-electron chi connectivity index (χ1n) is 5.51. The predicted octanol–water partition coefficient (Wildman–Crippen LogP) is 1.12. The summed E-state index contributed by atoms with van der Waals surface area (Å²) in [5.41, 5.74) is 4.75. The minimum Gasteiger partial charge on any atom is -0.444 e. The van der Waals surface area contributed by atoms with Crippen LogP contribution in [0.3, 0.4) is 0 Å². The first-order valence-corrected chi connectivity index (χ1v) is 5.51. The minimum absolute atomic E-state index is 0.174. The van der Waals surface area contributed by atoms with E-state index >= 15 is 0 Å². The number of hydrogen-bond acceptors (Lipinski definition) is 3. The number of carbonyl (C=O) groups is 2. The quantitative estimate of drug-likeness (QED) is 0.730. The molecule has 0 aromatic heterocycles. The minimum atomic E-state index is -0.512. The van der Waals surface area contributed by atoms with Crippen LogP contribution >= 0.6 is 0 Å². The molecule has 1 heterocycles. The average molecular weight is 228 g/mol. The van der Waals surface area contributed by atoms with E-state index in [-0.39, 0.29) is 24.0 Å². The van der Waals surface area contributed by atoms with Gasteiger partial charge in [-0.05, 0) is 34.1 Å². The molecule has 0 aliphatic carbocycles. The fourth-order valence-electron chi connectivity index (χ4n) is 1.90. The lowest BCUT2D eigenvalue weighted by Gasteiger charge is -2.27. The van der Waals surface area contributed by atoms with Crippen molar-refractivity contribution in [1.82, 2.24) is 4.90 Å². The van der Waals surface area contributed by atoms with Gasteiger partial charge in [0.15, 0.2) is 0 Å². The molecule has 0 aromatic rings. The monoisotopic (exact) mass is 228 g/mol. The van der Waals surface area contributed by atoms with Gasteiger partial charge in [-0.1, -0.05) is 0 Å². The van der Waals surface area contributed by atoms with Crippen molar-refractivity contribution in [1.29, 1.82) is 0 Å². The highest BCUT2D eigenvalue weighted by Crippen LogP contribution is 2.25. The molecule has 0 unspecified atom stereocenters. The first-order chi connectivity index (χ1) is 7.22. The van der Waals surface area contributed by atoms with Crippen molar-refractivity contribution in [3.05, 3.63) is 0 Å². The molecule has 2 amide bonds. The van der Waals surface area contributed by atoms with Crippen molar-refractivity contribution in [3.8, 4) is 0 Å². The zero-order valence-corrected chi connectivity index (χ0v) is 10.3. The highest BCUT2D eigenvalue weighted by molar-refractivity contribution is 5.79. The standard InChI is InChI=1S/C11H20N2O3/c1-7-8(9(12)14)5-6-13(7)10(15)16-11(2,3)4/h7-8H,5-6H2,1-4H3,(H2,12,14)/t7-,8+/m1/s1. The Kier molecular flexibility index (Phi) is 3.45. The summed E-state index contributed by atoms with van der Waals surface area (Å²) in [6.07, 6.45) is 0.249. The molecule has 2 N–H and O–H groups in total. The van der Waals surface area contributed by atoms with Gasteiger partial charge in [-0.15, -0.1) is 0 Å². The van der Waals surface area contributed by atoms with E-state index in [0.29, 0.717) is 13.0 Å². The highest BCUT2D eigenvalue weighted by atomic mass is 16.6.